The molecule has 1 aromatic carbocycles. The minimum absolute atomic E-state index is 0.0483. The Labute approximate surface area is 152 Å². The zero-order valence-electron chi connectivity index (χ0n) is 15.2. The van der Waals surface area contributed by atoms with Crippen molar-refractivity contribution in [2.24, 2.45) is 4.99 Å². The molecule has 0 radical (unpaired) electrons. The number of methoxy groups -OCH3 is 1. The van der Waals surface area contributed by atoms with Crippen LogP contribution >= 0.6 is 0 Å². The Balaban J connectivity index is 1.92. The number of likely N-dealkylation sites (tertiary alicyclic amines) is 1. The van der Waals surface area contributed by atoms with Crippen LogP contribution in [-0.4, -0.2) is 62.9 Å². The normalized spacial score (nSPS) is 20.2. The van der Waals surface area contributed by atoms with Gasteiger partial charge in [0.25, 0.3) is 0 Å². The number of nitrogens with zero attached hydrogens (tertiary/aromatic N) is 2. The lowest BCUT2D eigenvalue weighted by Crippen LogP contribution is -2.45. The van der Waals surface area contributed by atoms with Crippen molar-refractivity contribution in [3.05, 3.63) is 35.9 Å². The summed E-state index contributed by atoms with van der Waals surface area (Å²) >= 11 is 0. The Hall–Kier alpha value is -1.80. The smallest absolute Gasteiger partial charge is 0.375 e. The molecule has 0 aromatic heterocycles. The lowest BCUT2D eigenvalue weighted by Gasteiger charge is -2.20. The number of ether oxygens (including phenoxy) is 1. The number of hydrogen-bond acceptors (Lipinski definition) is 3. The van der Waals surface area contributed by atoms with Crippen LogP contribution in [-0.2, 0) is 4.74 Å². The number of hydrogen-bond donors (Lipinski definition) is 2. The van der Waals surface area contributed by atoms with Crippen LogP contribution in [0, 0.1) is 0 Å². The molecule has 1 aliphatic rings. The van der Waals surface area contributed by atoms with Crippen molar-refractivity contribution in [1.29, 1.82) is 0 Å². The molecule has 5 nitrogen and oxygen atoms in total. The van der Waals surface area contributed by atoms with E-state index in [1.165, 1.54) is 4.90 Å². The summed E-state index contributed by atoms with van der Waals surface area (Å²) in [6, 6.07) is 9.75. The molecule has 1 aliphatic heterocycles. The quantitative estimate of drug-likeness (QED) is 0.571. The molecule has 0 bridgehead atoms. The maximum Gasteiger partial charge on any atom is 0.401 e. The fourth-order valence-electron chi connectivity index (χ4n) is 3.02. The van der Waals surface area contributed by atoms with Gasteiger partial charge >= 0.3 is 6.18 Å². The van der Waals surface area contributed by atoms with Gasteiger partial charge < -0.3 is 15.4 Å². The molecule has 1 saturated heterocycles. The number of nitrogens with one attached hydrogen (secondary N) is 2. The maximum atomic E-state index is 12.5. The van der Waals surface area contributed by atoms with Crippen LogP contribution < -0.4 is 10.6 Å². The first-order chi connectivity index (χ1) is 12.4. The molecule has 146 valence electrons. The summed E-state index contributed by atoms with van der Waals surface area (Å²) in [5.74, 6) is 0.601. The summed E-state index contributed by atoms with van der Waals surface area (Å²) in [5, 5.41) is 6.38. The average Bonchev–Trinajstić information content (AvgIpc) is 3.01. The molecular formula is C18H27F3N4O. The van der Waals surface area contributed by atoms with Gasteiger partial charge in [0, 0.05) is 32.8 Å². The molecule has 2 atom stereocenters. The zero-order chi connectivity index (χ0) is 19.0. The molecule has 1 heterocycles. The van der Waals surface area contributed by atoms with E-state index in [4.69, 9.17) is 4.74 Å². The molecule has 2 N–H and O–H groups in total. The minimum atomic E-state index is -4.16. The molecule has 0 aliphatic carbocycles. The third-order valence-electron chi connectivity index (χ3n) is 4.23. The second-order valence-electron chi connectivity index (χ2n) is 6.33. The van der Waals surface area contributed by atoms with Gasteiger partial charge in [-0.1, -0.05) is 30.3 Å². The highest BCUT2D eigenvalue weighted by molar-refractivity contribution is 5.80. The van der Waals surface area contributed by atoms with Crippen LogP contribution in [0.25, 0.3) is 0 Å². The Morgan fingerprint density at radius 2 is 2.08 bits per heavy atom. The predicted molar refractivity (Wildman–Crippen MR) is 96.2 cm³/mol. The first-order valence-electron chi connectivity index (χ1n) is 8.83. The first kappa shape index (κ1) is 20.5. The molecule has 0 saturated carbocycles. The highest BCUT2D eigenvalue weighted by atomic mass is 19.4. The molecule has 1 aromatic rings. The summed E-state index contributed by atoms with van der Waals surface area (Å²) < 4.78 is 43.1. The summed E-state index contributed by atoms with van der Waals surface area (Å²) in [6.45, 7) is 2.98. The van der Waals surface area contributed by atoms with Crippen LogP contribution in [0.15, 0.2) is 35.3 Å². The van der Waals surface area contributed by atoms with E-state index in [9.17, 15) is 13.2 Å². The van der Waals surface area contributed by atoms with Gasteiger partial charge in [0.05, 0.1) is 13.1 Å². The largest absolute Gasteiger partial charge is 0.401 e. The standard InChI is InChI=1S/C18H27F3N4O/c1-3-22-17(23-11-16(26-2)14-7-5-4-6-8-14)24-15-9-10-25(12-15)13-18(19,20)21/h4-8,15-16H,3,9-13H2,1-2H3,(H2,22,23,24). The SMILES string of the molecule is CCNC(=NCC(OC)c1ccccc1)NC1CCN(CC(F)(F)F)C1. The van der Waals surface area contributed by atoms with E-state index >= 15 is 0 Å². The highest BCUT2D eigenvalue weighted by Crippen LogP contribution is 2.20. The summed E-state index contributed by atoms with van der Waals surface area (Å²) in [4.78, 5) is 5.97. The molecule has 0 spiro atoms. The van der Waals surface area contributed by atoms with Gasteiger partial charge in [-0.2, -0.15) is 13.2 Å². The summed E-state index contributed by atoms with van der Waals surface area (Å²) in [6.07, 6.45) is -3.67. The van der Waals surface area contributed by atoms with Crippen molar-refractivity contribution in [1.82, 2.24) is 15.5 Å². The van der Waals surface area contributed by atoms with Crippen molar-refractivity contribution in [3.8, 4) is 0 Å². The van der Waals surface area contributed by atoms with Crippen LogP contribution in [0.1, 0.15) is 25.0 Å². The van der Waals surface area contributed by atoms with Gasteiger partial charge in [0.1, 0.15) is 6.10 Å². The van der Waals surface area contributed by atoms with E-state index in [0.717, 1.165) is 5.56 Å². The van der Waals surface area contributed by atoms with Crippen molar-refractivity contribution in [2.45, 2.75) is 31.7 Å². The number of guanidine groups is 1. The van der Waals surface area contributed by atoms with Gasteiger partial charge in [-0.15, -0.1) is 0 Å². The molecule has 8 heteroatoms. The monoisotopic (exact) mass is 372 g/mol. The second-order valence-corrected chi connectivity index (χ2v) is 6.33. The van der Waals surface area contributed by atoms with Crippen LogP contribution in [0.5, 0.6) is 0 Å². The second kappa shape index (κ2) is 9.78. The predicted octanol–water partition coefficient (Wildman–Crippen LogP) is 2.57. The van der Waals surface area contributed by atoms with Gasteiger partial charge in [0.2, 0.25) is 0 Å². The molecule has 1 fully saturated rings. The van der Waals surface area contributed by atoms with E-state index < -0.39 is 12.7 Å². The number of alkyl halides is 3. The molecular weight excluding hydrogens is 345 g/mol. The van der Waals surface area contributed by atoms with Crippen molar-refractivity contribution in [2.75, 3.05) is 39.8 Å². The Morgan fingerprint density at radius 1 is 1.35 bits per heavy atom. The van der Waals surface area contributed by atoms with Gasteiger partial charge in [-0.25, -0.2) is 0 Å². The molecule has 2 rings (SSSR count). The number of benzene rings is 1. The lowest BCUT2D eigenvalue weighted by molar-refractivity contribution is -0.143. The van der Waals surface area contributed by atoms with E-state index in [-0.39, 0.29) is 12.1 Å². The van der Waals surface area contributed by atoms with E-state index in [0.29, 0.717) is 38.6 Å². The average molecular weight is 372 g/mol. The number of rotatable bonds is 7. The fourth-order valence-corrected chi connectivity index (χ4v) is 3.02. The van der Waals surface area contributed by atoms with E-state index in [1.54, 1.807) is 7.11 Å². The number of aliphatic imine (C=N–C) groups is 1. The van der Waals surface area contributed by atoms with Gasteiger partial charge in [0.15, 0.2) is 5.96 Å². The minimum Gasteiger partial charge on any atom is -0.375 e. The van der Waals surface area contributed by atoms with Crippen LogP contribution in [0.2, 0.25) is 0 Å². The summed E-state index contributed by atoms with van der Waals surface area (Å²) in [5.41, 5.74) is 1.03. The van der Waals surface area contributed by atoms with Gasteiger partial charge in [-0.3, -0.25) is 9.89 Å². The fraction of sp³-hybridized carbons (Fsp3) is 0.611. The third-order valence-corrected chi connectivity index (χ3v) is 4.23. The Bertz CT molecular complexity index is 565. The van der Waals surface area contributed by atoms with E-state index in [1.807, 2.05) is 37.3 Å². The first-order valence-corrected chi connectivity index (χ1v) is 8.83. The topological polar surface area (TPSA) is 48.9 Å². The maximum absolute atomic E-state index is 12.5. The van der Waals surface area contributed by atoms with Crippen molar-refractivity contribution >= 4 is 5.96 Å². The zero-order valence-corrected chi connectivity index (χ0v) is 15.2. The van der Waals surface area contributed by atoms with Crippen LogP contribution in [0.3, 0.4) is 0 Å². The molecule has 26 heavy (non-hydrogen) atoms. The lowest BCUT2D eigenvalue weighted by atomic mass is 10.1. The van der Waals surface area contributed by atoms with Gasteiger partial charge in [-0.05, 0) is 18.9 Å². The summed E-state index contributed by atoms with van der Waals surface area (Å²) in [7, 11) is 1.64. The van der Waals surface area contributed by atoms with Crippen molar-refractivity contribution < 1.29 is 17.9 Å². The molecule has 2 unspecified atom stereocenters. The Kier molecular flexibility index (Phi) is 7.71. The number of halogens is 3. The van der Waals surface area contributed by atoms with Crippen molar-refractivity contribution in [3.63, 3.8) is 0 Å². The van der Waals surface area contributed by atoms with E-state index in [2.05, 4.69) is 15.6 Å². The highest BCUT2D eigenvalue weighted by Gasteiger charge is 2.34. The van der Waals surface area contributed by atoms with Crippen LogP contribution in [0.4, 0.5) is 13.2 Å². The third kappa shape index (κ3) is 6.84. The Morgan fingerprint density at radius 3 is 2.69 bits per heavy atom. The molecule has 0 amide bonds.